The predicted molar refractivity (Wildman–Crippen MR) is 47.8 cm³/mol. The van der Waals surface area contributed by atoms with Gasteiger partial charge < -0.3 is 5.11 Å². The molecule has 9 heteroatoms. The maximum Gasteiger partial charge on any atom is 0.431 e. The van der Waals surface area contributed by atoms with Gasteiger partial charge in [-0.25, -0.2) is 19.1 Å². The molecule has 0 aliphatic carbocycles. The minimum Gasteiger partial charge on any atom is -0.478 e. The van der Waals surface area contributed by atoms with Gasteiger partial charge in [-0.05, 0) is 12.1 Å². The van der Waals surface area contributed by atoms with Crippen LogP contribution >= 0.6 is 0 Å². The average Bonchev–Trinajstić information content (AvgIpc) is 2.58. The van der Waals surface area contributed by atoms with Crippen LogP contribution in [0.3, 0.4) is 0 Å². The number of aromatic nitrogens is 3. The fourth-order valence-electron chi connectivity index (χ4n) is 1.40. The quantitative estimate of drug-likeness (QED) is 0.777. The highest BCUT2D eigenvalue weighted by Gasteiger charge is 2.35. The van der Waals surface area contributed by atoms with Gasteiger partial charge in [0.15, 0.2) is 5.65 Å². The van der Waals surface area contributed by atoms with E-state index in [0.29, 0.717) is 6.07 Å². The third kappa shape index (κ3) is 1.65. The molecule has 0 saturated carbocycles. The van der Waals surface area contributed by atoms with Crippen molar-refractivity contribution in [2.45, 2.75) is 6.18 Å². The van der Waals surface area contributed by atoms with Gasteiger partial charge >= 0.3 is 17.8 Å². The molecule has 0 saturated heterocycles. The van der Waals surface area contributed by atoms with E-state index >= 15 is 0 Å². The highest BCUT2D eigenvalue weighted by molar-refractivity contribution is 5.94. The molecule has 2 heterocycles. The maximum atomic E-state index is 12.6. The molecule has 90 valence electrons. The van der Waals surface area contributed by atoms with E-state index in [-0.39, 0.29) is 4.40 Å². The number of hydrogen-bond donors (Lipinski definition) is 2. The number of carboxylic acid groups (broad SMARTS) is 1. The summed E-state index contributed by atoms with van der Waals surface area (Å²) >= 11 is 0. The molecule has 2 N–H and O–H groups in total. The predicted octanol–water partition coefficient (Wildman–Crippen LogP) is 0.740. The lowest BCUT2D eigenvalue weighted by Crippen LogP contribution is -2.21. The number of carboxylic acids is 1. The summed E-state index contributed by atoms with van der Waals surface area (Å²) in [6, 6.07) is 1.27. The van der Waals surface area contributed by atoms with Crippen LogP contribution in [0.25, 0.3) is 5.65 Å². The number of rotatable bonds is 1. The molecule has 0 radical (unpaired) electrons. The second-order valence-corrected chi connectivity index (χ2v) is 3.12. The average molecular weight is 247 g/mol. The molecular weight excluding hydrogens is 243 g/mol. The number of carbonyl (C=O) groups is 1. The van der Waals surface area contributed by atoms with E-state index in [4.69, 9.17) is 5.11 Å². The number of nitrogens with one attached hydrogen (secondary N) is 1. The van der Waals surface area contributed by atoms with Crippen LogP contribution in [-0.2, 0) is 6.18 Å². The molecular formula is C8H4F3N3O3. The van der Waals surface area contributed by atoms with E-state index in [2.05, 4.69) is 5.10 Å². The van der Waals surface area contributed by atoms with Crippen LogP contribution in [0.15, 0.2) is 16.9 Å². The highest BCUT2D eigenvalue weighted by Crippen LogP contribution is 2.29. The Bertz CT molecular complexity index is 655. The second-order valence-electron chi connectivity index (χ2n) is 3.12. The number of aromatic carboxylic acids is 1. The Morgan fingerprint density at radius 3 is 2.59 bits per heavy atom. The van der Waals surface area contributed by atoms with Gasteiger partial charge in [0.25, 0.3) is 0 Å². The van der Waals surface area contributed by atoms with Crippen molar-refractivity contribution < 1.29 is 23.1 Å². The Balaban J connectivity index is 2.92. The van der Waals surface area contributed by atoms with Crippen molar-refractivity contribution in [2.24, 2.45) is 0 Å². The Morgan fingerprint density at radius 2 is 2.06 bits per heavy atom. The molecule has 0 aliphatic heterocycles. The fraction of sp³-hybridized carbons (Fsp3) is 0.125. The monoisotopic (exact) mass is 247 g/mol. The first kappa shape index (κ1) is 11.2. The number of pyridine rings is 1. The highest BCUT2D eigenvalue weighted by atomic mass is 19.4. The third-order valence-corrected chi connectivity index (χ3v) is 2.08. The van der Waals surface area contributed by atoms with Crippen LogP contribution in [0.1, 0.15) is 16.1 Å². The summed E-state index contributed by atoms with van der Waals surface area (Å²) < 4.78 is 37.9. The van der Waals surface area contributed by atoms with Gasteiger partial charge in [-0.1, -0.05) is 0 Å². The van der Waals surface area contributed by atoms with Gasteiger partial charge in [0.2, 0.25) is 0 Å². The molecule has 0 aromatic carbocycles. The lowest BCUT2D eigenvalue weighted by Gasteiger charge is -2.08. The molecule has 2 aromatic rings. The van der Waals surface area contributed by atoms with Crippen LogP contribution in [0.4, 0.5) is 13.2 Å². The lowest BCUT2D eigenvalue weighted by molar-refractivity contribution is -0.142. The Labute approximate surface area is 90.3 Å². The van der Waals surface area contributed by atoms with Gasteiger partial charge in [0, 0.05) is 0 Å². The van der Waals surface area contributed by atoms with Gasteiger partial charge in [-0.3, -0.25) is 0 Å². The number of nitrogens with zero attached hydrogens (tertiary/aromatic N) is 2. The molecule has 0 amide bonds. The molecule has 0 bridgehead atoms. The van der Waals surface area contributed by atoms with Crippen molar-refractivity contribution in [3.05, 3.63) is 33.9 Å². The summed E-state index contributed by atoms with van der Waals surface area (Å²) in [5.74, 6) is -1.47. The Morgan fingerprint density at radius 1 is 1.41 bits per heavy atom. The van der Waals surface area contributed by atoms with E-state index in [9.17, 15) is 22.8 Å². The van der Waals surface area contributed by atoms with Gasteiger partial charge in [0.05, 0.1) is 0 Å². The first-order valence-corrected chi connectivity index (χ1v) is 4.23. The maximum absolute atomic E-state index is 12.6. The van der Waals surface area contributed by atoms with E-state index < -0.39 is 34.7 Å². The third-order valence-electron chi connectivity index (χ3n) is 2.08. The van der Waals surface area contributed by atoms with Gasteiger partial charge in [-0.2, -0.15) is 18.3 Å². The number of fused-ring (bicyclic) bond motifs is 1. The van der Waals surface area contributed by atoms with Crippen LogP contribution in [0.2, 0.25) is 0 Å². The largest absolute Gasteiger partial charge is 0.478 e. The van der Waals surface area contributed by atoms with Crippen molar-refractivity contribution in [2.75, 3.05) is 0 Å². The van der Waals surface area contributed by atoms with E-state index in [1.807, 2.05) is 0 Å². The lowest BCUT2D eigenvalue weighted by atomic mass is 10.2. The van der Waals surface area contributed by atoms with E-state index in [1.165, 1.54) is 0 Å². The normalized spacial score (nSPS) is 11.9. The molecule has 0 atom stereocenters. The Hall–Kier alpha value is -2.32. The number of hydrogen-bond acceptors (Lipinski definition) is 3. The van der Waals surface area contributed by atoms with Crippen LogP contribution in [0.5, 0.6) is 0 Å². The van der Waals surface area contributed by atoms with Crippen molar-refractivity contribution in [1.82, 2.24) is 14.6 Å². The molecule has 0 spiro atoms. The van der Waals surface area contributed by atoms with E-state index in [1.54, 1.807) is 5.10 Å². The van der Waals surface area contributed by atoms with Crippen LogP contribution in [-0.4, -0.2) is 25.7 Å². The zero-order valence-electron chi connectivity index (χ0n) is 7.95. The number of aromatic amines is 1. The molecule has 6 nitrogen and oxygen atoms in total. The number of halogens is 3. The van der Waals surface area contributed by atoms with E-state index in [0.717, 1.165) is 6.07 Å². The molecule has 0 unspecified atom stereocenters. The molecule has 2 aromatic heterocycles. The van der Waals surface area contributed by atoms with Gasteiger partial charge in [0.1, 0.15) is 11.3 Å². The first-order chi connectivity index (χ1) is 7.82. The summed E-state index contributed by atoms with van der Waals surface area (Å²) in [7, 11) is 0. The van der Waals surface area contributed by atoms with Crippen molar-refractivity contribution in [1.29, 1.82) is 0 Å². The van der Waals surface area contributed by atoms with Crippen molar-refractivity contribution in [3.63, 3.8) is 0 Å². The summed E-state index contributed by atoms with van der Waals surface area (Å²) in [5.41, 5.74) is -3.49. The molecule has 2 rings (SSSR count). The van der Waals surface area contributed by atoms with Crippen LogP contribution in [0, 0.1) is 0 Å². The van der Waals surface area contributed by atoms with Crippen molar-refractivity contribution >= 4 is 11.6 Å². The minimum absolute atomic E-state index is 0.184. The molecule has 0 aliphatic rings. The minimum atomic E-state index is -4.77. The zero-order chi connectivity index (χ0) is 12.8. The number of H-pyrrole nitrogens is 1. The summed E-state index contributed by atoms with van der Waals surface area (Å²) in [6.07, 6.45) is -4.77. The molecule has 17 heavy (non-hydrogen) atoms. The first-order valence-electron chi connectivity index (χ1n) is 4.23. The fourth-order valence-corrected chi connectivity index (χ4v) is 1.40. The SMILES string of the molecule is O=C(O)c1ccc(C(F)(F)F)n2c(=O)[nH]nc12. The second kappa shape index (κ2) is 3.34. The summed E-state index contributed by atoms with van der Waals surface area (Å²) in [4.78, 5) is 21.9. The van der Waals surface area contributed by atoms with Gasteiger partial charge in [-0.15, -0.1) is 0 Å². The molecule has 0 fully saturated rings. The standard InChI is InChI=1S/C8H4F3N3O3/c9-8(10,11)4-2-1-3(6(15)16)5-12-13-7(17)14(4)5/h1-2H,(H,13,17)(H,15,16). The summed E-state index contributed by atoms with van der Waals surface area (Å²) in [6.45, 7) is 0. The van der Waals surface area contributed by atoms with Crippen molar-refractivity contribution in [3.8, 4) is 0 Å². The van der Waals surface area contributed by atoms with Crippen LogP contribution < -0.4 is 5.69 Å². The smallest absolute Gasteiger partial charge is 0.431 e. The number of alkyl halides is 3. The Kier molecular flexibility index (Phi) is 2.19. The summed E-state index contributed by atoms with van der Waals surface area (Å²) in [5, 5.41) is 13.8. The topological polar surface area (TPSA) is 87.5 Å². The zero-order valence-corrected chi connectivity index (χ0v) is 7.95.